The van der Waals surface area contributed by atoms with E-state index < -0.39 is 0 Å². The van der Waals surface area contributed by atoms with Crippen molar-refractivity contribution in [3.63, 3.8) is 0 Å². The molecule has 0 saturated heterocycles. The van der Waals surface area contributed by atoms with Crippen LogP contribution >= 0.6 is 0 Å². The Morgan fingerprint density at radius 2 is 1.10 bits per heavy atom. The van der Waals surface area contributed by atoms with Gasteiger partial charge in [0.1, 0.15) is 6.10 Å². The lowest BCUT2D eigenvalue weighted by Gasteiger charge is -2.21. The molecule has 0 rings (SSSR count). The van der Waals surface area contributed by atoms with Crippen molar-refractivity contribution < 1.29 is 24.2 Å². The molecule has 6 heteroatoms. The first-order chi connectivity index (χ1) is 19.1. The van der Waals surface area contributed by atoms with Crippen molar-refractivity contribution >= 4 is 11.9 Å². The molecule has 0 amide bonds. The van der Waals surface area contributed by atoms with Gasteiger partial charge in [0.15, 0.2) is 0 Å². The Kier molecular flexibility index (Phi) is 29.0. The van der Waals surface area contributed by atoms with Gasteiger partial charge in [-0.3, -0.25) is 9.59 Å². The topological polar surface area (TPSA) is 76.1 Å². The molecule has 232 valence electrons. The summed E-state index contributed by atoms with van der Waals surface area (Å²) in [6.07, 6.45) is 23.4. The van der Waals surface area contributed by atoms with Crippen LogP contribution in [0.3, 0.4) is 0 Å². The van der Waals surface area contributed by atoms with Crippen molar-refractivity contribution in [3.05, 3.63) is 0 Å². The third kappa shape index (κ3) is 26.8. The number of aliphatic hydroxyl groups excluding tert-OH is 1. The van der Waals surface area contributed by atoms with Crippen LogP contribution < -0.4 is 0 Å². The SMILES string of the molecule is CCCCCCCOC(=O)CCCN(CCO)CCCCCCCC(=O)OC(CCCCC)CCCCCC. The highest BCUT2D eigenvalue weighted by Gasteiger charge is 2.14. The lowest BCUT2D eigenvalue weighted by atomic mass is 10.0. The second kappa shape index (κ2) is 29.8. The minimum absolute atomic E-state index is 0.0175. The number of esters is 2. The first kappa shape index (κ1) is 37.9. The number of hydrogen-bond acceptors (Lipinski definition) is 6. The summed E-state index contributed by atoms with van der Waals surface area (Å²) >= 11 is 0. The predicted molar refractivity (Wildman–Crippen MR) is 163 cm³/mol. The Hall–Kier alpha value is -1.14. The number of carbonyl (C=O) groups is 2. The van der Waals surface area contributed by atoms with Crippen LogP contribution in [0.5, 0.6) is 0 Å². The van der Waals surface area contributed by atoms with Crippen LogP contribution in [0.2, 0.25) is 0 Å². The maximum Gasteiger partial charge on any atom is 0.306 e. The monoisotopic (exact) mass is 555 g/mol. The van der Waals surface area contributed by atoms with Crippen LogP contribution in [-0.4, -0.2) is 60.9 Å². The Morgan fingerprint density at radius 1 is 0.590 bits per heavy atom. The lowest BCUT2D eigenvalue weighted by Crippen LogP contribution is -2.29. The normalized spacial score (nSPS) is 12.1. The molecule has 39 heavy (non-hydrogen) atoms. The van der Waals surface area contributed by atoms with Gasteiger partial charge in [-0.1, -0.05) is 97.8 Å². The summed E-state index contributed by atoms with van der Waals surface area (Å²) in [5.41, 5.74) is 0. The molecule has 0 spiro atoms. The van der Waals surface area contributed by atoms with Crippen molar-refractivity contribution in [2.45, 2.75) is 168 Å². The highest BCUT2D eigenvalue weighted by Crippen LogP contribution is 2.17. The van der Waals surface area contributed by atoms with Crippen molar-refractivity contribution in [3.8, 4) is 0 Å². The zero-order valence-corrected chi connectivity index (χ0v) is 26.2. The minimum Gasteiger partial charge on any atom is -0.466 e. The molecule has 0 aliphatic heterocycles. The average molecular weight is 556 g/mol. The second-order valence-corrected chi connectivity index (χ2v) is 11.3. The fourth-order valence-corrected chi connectivity index (χ4v) is 4.95. The highest BCUT2D eigenvalue weighted by atomic mass is 16.5. The van der Waals surface area contributed by atoms with Gasteiger partial charge in [-0.05, 0) is 64.5 Å². The fraction of sp³-hybridized carbons (Fsp3) is 0.939. The number of rotatable bonds is 30. The van der Waals surface area contributed by atoms with E-state index in [4.69, 9.17) is 9.47 Å². The Bertz CT molecular complexity index is 542. The van der Waals surface area contributed by atoms with Gasteiger partial charge < -0.3 is 19.5 Å². The largest absolute Gasteiger partial charge is 0.466 e. The van der Waals surface area contributed by atoms with E-state index in [1.807, 2.05) is 0 Å². The molecule has 1 atom stereocenters. The van der Waals surface area contributed by atoms with Crippen LogP contribution in [0.25, 0.3) is 0 Å². The fourth-order valence-electron chi connectivity index (χ4n) is 4.95. The van der Waals surface area contributed by atoms with Gasteiger partial charge in [0.2, 0.25) is 0 Å². The van der Waals surface area contributed by atoms with Gasteiger partial charge in [-0.15, -0.1) is 0 Å². The van der Waals surface area contributed by atoms with Crippen molar-refractivity contribution in [1.29, 1.82) is 0 Å². The quantitative estimate of drug-likeness (QED) is 0.0708. The summed E-state index contributed by atoms with van der Waals surface area (Å²) in [4.78, 5) is 26.6. The van der Waals surface area contributed by atoms with E-state index in [0.29, 0.717) is 26.0 Å². The number of carbonyl (C=O) groups excluding carboxylic acids is 2. The van der Waals surface area contributed by atoms with E-state index in [9.17, 15) is 14.7 Å². The zero-order chi connectivity index (χ0) is 28.8. The molecule has 0 fully saturated rings. The Balaban J connectivity index is 3.93. The van der Waals surface area contributed by atoms with E-state index in [-0.39, 0.29) is 24.6 Å². The number of unbranched alkanes of at least 4 members (excludes halogenated alkanes) is 13. The van der Waals surface area contributed by atoms with Gasteiger partial charge >= 0.3 is 11.9 Å². The summed E-state index contributed by atoms with van der Waals surface area (Å²) in [5, 5.41) is 9.39. The van der Waals surface area contributed by atoms with Crippen molar-refractivity contribution in [2.75, 3.05) is 32.8 Å². The molecule has 0 radical (unpaired) electrons. The second-order valence-electron chi connectivity index (χ2n) is 11.3. The van der Waals surface area contributed by atoms with Crippen LogP contribution in [0.1, 0.15) is 162 Å². The molecule has 0 aliphatic rings. The van der Waals surface area contributed by atoms with E-state index in [1.54, 1.807) is 0 Å². The van der Waals surface area contributed by atoms with Crippen LogP contribution in [0, 0.1) is 0 Å². The molecular formula is C33H65NO5. The standard InChI is InChI=1S/C33H65NO5/c1-4-7-10-15-20-30-38-32(36)25-21-27-34(28-29-35)26-19-14-12-13-18-24-33(37)39-31(22-16-9-6-3)23-17-11-8-5-2/h31,35H,4-30H2,1-3H3. The average Bonchev–Trinajstić information content (AvgIpc) is 2.92. The van der Waals surface area contributed by atoms with Crippen LogP contribution in [0.15, 0.2) is 0 Å². The molecule has 0 bridgehead atoms. The van der Waals surface area contributed by atoms with Gasteiger partial charge in [0.25, 0.3) is 0 Å². The lowest BCUT2D eigenvalue weighted by molar-refractivity contribution is -0.150. The molecule has 1 unspecified atom stereocenters. The van der Waals surface area contributed by atoms with E-state index in [1.165, 1.54) is 51.4 Å². The molecule has 6 nitrogen and oxygen atoms in total. The minimum atomic E-state index is -0.100. The van der Waals surface area contributed by atoms with E-state index in [0.717, 1.165) is 90.1 Å². The van der Waals surface area contributed by atoms with Gasteiger partial charge in [-0.25, -0.2) is 0 Å². The number of hydrogen-bond donors (Lipinski definition) is 1. The van der Waals surface area contributed by atoms with Gasteiger partial charge in [0.05, 0.1) is 13.2 Å². The maximum absolute atomic E-state index is 12.4. The van der Waals surface area contributed by atoms with E-state index in [2.05, 4.69) is 25.7 Å². The first-order valence-corrected chi connectivity index (χ1v) is 16.8. The zero-order valence-electron chi connectivity index (χ0n) is 26.2. The number of aliphatic hydroxyl groups is 1. The summed E-state index contributed by atoms with van der Waals surface area (Å²) < 4.78 is 11.2. The highest BCUT2D eigenvalue weighted by molar-refractivity contribution is 5.69. The molecule has 0 heterocycles. The van der Waals surface area contributed by atoms with Crippen molar-refractivity contribution in [2.24, 2.45) is 0 Å². The third-order valence-corrected chi connectivity index (χ3v) is 7.45. The first-order valence-electron chi connectivity index (χ1n) is 16.8. The van der Waals surface area contributed by atoms with Crippen LogP contribution in [-0.2, 0) is 19.1 Å². The van der Waals surface area contributed by atoms with Crippen molar-refractivity contribution in [1.82, 2.24) is 4.90 Å². The Labute approximate surface area is 242 Å². The van der Waals surface area contributed by atoms with Crippen LogP contribution in [0.4, 0.5) is 0 Å². The molecule has 1 N–H and O–H groups in total. The predicted octanol–water partition coefficient (Wildman–Crippen LogP) is 8.38. The molecule has 0 saturated carbocycles. The van der Waals surface area contributed by atoms with Gasteiger partial charge in [-0.2, -0.15) is 0 Å². The van der Waals surface area contributed by atoms with E-state index >= 15 is 0 Å². The summed E-state index contributed by atoms with van der Waals surface area (Å²) in [7, 11) is 0. The smallest absolute Gasteiger partial charge is 0.306 e. The number of nitrogens with zero attached hydrogens (tertiary/aromatic N) is 1. The maximum atomic E-state index is 12.4. The number of ether oxygens (including phenoxy) is 2. The van der Waals surface area contributed by atoms with Gasteiger partial charge in [0, 0.05) is 19.4 Å². The molecule has 0 aromatic rings. The molecule has 0 aromatic heterocycles. The summed E-state index contributed by atoms with van der Waals surface area (Å²) in [5.74, 6) is -0.118. The third-order valence-electron chi connectivity index (χ3n) is 7.45. The molecule has 0 aromatic carbocycles. The molecule has 0 aliphatic carbocycles. The summed E-state index contributed by atoms with van der Waals surface area (Å²) in [6.45, 7) is 9.72. The Morgan fingerprint density at radius 3 is 1.79 bits per heavy atom. The summed E-state index contributed by atoms with van der Waals surface area (Å²) in [6, 6.07) is 0. The molecular weight excluding hydrogens is 490 g/mol.